The van der Waals surface area contributed by atoms with Gasteiger partial charge in [0, 0.05) is 6.20 Å². The van der Waals surface area contributed by atoms with E-state index in [-0.39, 0.29) is 5.75 Å². The van der Waals surface area contributed by atoms with Gasteiger partial charge in [0.05, 0.1) is 28.6 Å². The summed E-state index contributed by atoms with van der Waals surface area (Å²) in [5.74, 6) is 0.0917. The smallest absolute Gasteiger partial charge is 0.180 e. The highest BCUT2D eigenvalue weighted by Gasteiger charge is 2.15. The predicted octanol–water partition coefficient (Wildman–Crippen LogP) is 2.80. The van der Waals surface area contributed by atoms with Crippen LogP contribution in [0.15, 0.2) is 47.5 Å². The zero-order chi connectivity index (χ0) is 14.6. The maximum Gasteiger partial charge on any atom is 0.180 e. The van der Waals surface area contributed by atoms with Crippen LogP contribution >= 0.6 is 0 Å². The summed E-state index contributed by atoms with van der Waals surface area (Å²) in [6.45, 7) is 4.12. The van der Waals surface area contributed by atoms with Crippen LogP contribution in [0.1, 0.15) is 18.2 Å². The second-order valence-corrected chi connectivity index (χ2v) is 6.83. The molecule has 20 heavy (non-hydrogen) atoms. The molecule has 0 bridgehead atoms. The number of rotatable bonds is 5. The summed E-state index contributed by atoms with van der Waals surface area (Å²) in [6.07, 6.45) is 1.80. The number of nitrogens with zero attached hydrogens (tertiary/aromatic N) is 1. The summed E-state index contributed by atoms with van der Waals surface area (Å²) in [7, 11) is -3.22. The molecule has 0 atom stereocenters. The summed E-state index contributed by atoms with van der Waals surface area (Å²) in [5.41, 5.74) is 2.60. The Bertz CT molecular complexity index is 679. The number of aryl methyl sites for hydroxylation is 1. The molecule has 0 aliphatic heterocycles. The van der Waals surface area contributed by atoms with E-state index in [1.165, 1.54) is 0 Å². The fraction of sp³-hybridized carbons (Fsp3) is 0.267. The maximum absolute atomic E-state index is 12.0. The molecule has 1 aromatic heterocycles. The first-order chi connectivity index (χ1) is 9.53. The van der Waals surface area contributed by atoms with Gasteiger partial charge in [-0.05, 0) is 30.7 Å². The van der Waals surface area contributed by atoms with Gasteiger partial charge in [-0.1, -0.05) is 25.1 Å². The van der Waals surface area contributed by atoms with Crippen LogP contribution in [-0.2, 0) is 16.4 Å². The van der Waals surface area contributed by atoms with Crippen LogP contribution in [0.3, 0.4) is 0 Å². The van der Waals surface area contributed by atoms with E-state index in [1.807, 2.05) is 25.1 Å². The fourth-order valence-corrected chi connectivity index (χ4v) is 2.90. The van der Waals surface area contributed by atoms with E-state index in [4.69, 9.17) is 0 Å². The lowest BCUT2D eigenvalue weighted by Gasteiger charge is -2.11. The molecule has 0 amide bonds. The van der Waals surface area contributed by atoms with Crippen molar-refractivity contribution in [2.24, 2.45) is 0 Å². The highest BCUT2D eigenvalue weighted by atomic mass is 32.2. The molecule has 1 N–H and O–H groups in total. The average molecular weight is 290 g/mol. The molecular formula is C15H18N2O2S. The SMILES string of the molecule is CCS(=O)(=O)c1ccccc1NCc1ccc(C)cn1. The van der Waals surface area contributed by atoms with Crippen LogP contribution in [-0.4, -0.2) is 19.2 Å². The first kappa shape index (κ1) is 14.5. The summed E-state index contributed by atoms with van der Waals surface area (Å²) >= 11 is 0. The Hall–Kier alpha value is -1.88. The number of benzene rings is 1. The van der Waals surface area contributed by atoms with Crippen molar-refractivity contribution in [2.75, 3.05) is 11.1 Å². The van der Waals surface area contributed by atoms with Crippen molar-refractivity contribution in [3.8, 4) is 0 Å². The maximum atomic E-state index is 12.0. The molecule has 0 aliphatic rings. The van der Waals surface area contributed by atoms with Crippen molar-refractivity contribution < 1.29 is 8.42 Å². The molecule has 5 heteroatoms. The highest BCUT2D eigenvalue weighted by molar-refractivity contribution is 7.91. The van der Waals surface area contributed by atoms with Crippen molar-refractivity contribution in [3.05, 3.63) is 53.9 Å². The van der Waals surface area contributed by atoms with Crippen molar-refractivity contribution in [3.63, 3.8) is 0 Å². The van der Waals surface area contributed by atoms with E-state index in [2.05, 4.69) is 10.3 Å². The third-order valence-corrected chi connectivity index (χ3v) is 4.82. The van der Waals surface area contributed by atoms with E-state index >= 15 is 0 Å². The summed E-state index contributed by atoms with van der Waals surface area (Å²) in [4.78, 5) is 4.64. The van der Waals surface area contributed by atoms with Crippen molar-refractivity contribution in [2.45, 2.75) is 25.3 Å². The van der Waals surface area contributed by atoms with E-state index in [0.29, 0.717) is 17.1 Å². The lowest BCUT2D eigenvalue weighted by atomic mass is 10.2. The van der Waals surface area contributed by atoms with Crippen LogP contribution in [0, 0.1) is 6.92 Å². The standard InChI is InChI=1S/C15H18N2O2S/c1-3-20(18,19)15-7-5-4-6-14(15)17-11-13-9-8-12(2)10-16-13/h4-10,17H,3,11H2,1-2H3. The number of aromatic nitrogens is 1. The van der Waals surface area contributed by atoms with Gasteiger partial charge in [0.1, 0.15) is 0 Å². The van der Waals surface area contributed by atoms with Gasteiger partial charge in [0.25, 0.3) is 0 Å². The van der Waals surface area contributed by atoms with Gasteiger partial charge in [0.2, 0.25) is 0 Å². The molecule has 0 saturated heterocycles. The van der Waals surface area contributed by atoms with E-state index in [1.54, 1.807) is 31.3 Å². The van der Waals surface area contributed by atoms with Crippen molar-refractivity contribution in [1.82, 2.24) is 4.98 Å². The molecule has 0 aliphatic carbocycles. The zero-order valence-electron chi connectivity index (χ0n) is 11.6. The fourth-order valence-electron chi connectivity index (χ4n) is 1.83. The normalized spacial score (nSPS) is 11.3. The highest BCUT2D eigenvalue weighted by Crippen LogP contribution is 2.22. The lowest BCUT2D eigenvalue weighted by Crippen LogP contribution is -2.09. The molecule has 0 spiro atoms. The Morgan fingerprint density at radius 2 is 1.90 bits per heavy atom. The number of sulfone groups is 1. The molecule has 106 valence electrons. The molecule has 1 aromatic carbocycles. The minimum atomic E-state index is -3.22. The molecule has 2 aromatic rings. The Morgan fingerprint density at radius 3 is 2.55 bits per heavy atom. The first-order valence-electron chi connectivity index (χ1n) is 6.50. The molecule has 4 nitrogen and oxygen atoms in total. The molecule has 0 fully saturated rings. The van der Waals surface area contributed by atoms with Crippen LogP contribution < -0.4 is 5.32 Å². The summed E-state index contributed by atoms with van der Waals surface area (Å²) in [6, 6.07) is 10.9. The van der Waals surface area contributed by atoms with Gasteiger partial charge < -0.3 is 5.32 Å². The number of hydrogen-bond acceptors (Lipinski definition) is 4. The predicted molar refractivity (Wildman–Crippen MR) is 80.5 cm³/mol. The van der Waals surface area contributed by atoms with Crippen LogP contribution in [0.5, 0.6) is 0 Å². The molecule has 0 radical (unpaired) electrons. The first-order valence-corrected chi connectivity index (χ1v) is 8.15. The van der Waals surface area contributed by atoms with E-state index in [0.717, 1.165) is 11.3 Å². The van der Waals surface area contributed by atoms with Crippen LogP contribution in [0.25, 0.3) is 0 Å². The van der Waals surface area contributed by atoms with Crippen LogP contribution in [0.4, 0.5) is 5.69 Å². The molecule has 0 unspecified atom stereocenters. The zero-order valence-corrected chi connectivity index (χ0v) is 12.4. The van der Waals surface area contributed by atoms with Crippen LogP contribution in [0.2, 0.25) is 0 Å². The molecular weight excluding hydrogens is 272 g/mol. The number of anilines is 1. The van der Waals surface area contributed by atoms with Gasteiger partial charge in [0.15, 0.2) is 9.84 Å². The van der Waals surface area contributed by atoms with Gasteiger partial charge >= 0.3 is 0 Å². The Labute approximate surface area is 119 Å². The van der Waals surface area contributed by atoms with E-state index in [9.17, 15) is 8.42 Å². The van der Waals surface area contributed by atoms with Gasteiger partial charge in [-0.25, -0.2) is 8.42 Å². The minimum absolute atomic E-state index is 0.0917. The third kappa shape index (κ3) is 3.36. The largest absolute Gasteiger partial charge is 0.378 e. The van der Waals surface area contributed by atoms with E-state index < -0.39 is 9.84 Å². The topological polar surface area (TPSA) is 59.1 Å². The third-order valence-electron chi connectivity index (χ3n) is 3.03. The summed E-state index contributed by atoms with van der Waals surface area (Å²) in [5, 5.41) is 3.15. The van der Waals surface area contributed by atoms with Crippen molar-refractivity contribution in [1.29, 1.82) is 0 Å². The summed E-state index contributed by atoms with van der Waals surface area (Å²) < 4.78 is 24.0. The Balaban J connectivity index is 2.20. The average Bonchev–Trinajstić information content (AvgIpc) is 2.47. The van der Waals surface area contributed by atoms with Gasteiger partial charge in [-0.3, -0.25) is 4.98 Å². The molecule has 2 rings (SSSR count). The minimum Gasteiger partial charge on any atom is -0.378 e. The van der Waals surface area contributed by atoms with Crippen molar-refractivity contribution >= 4 is 15.5 Å². The van der Waals surface area contributed by atoms with Gasteiger partial charge in [-0.2, -0.15) is 0 Å². The van der Waals surface area contributed by atoms with Gasteiger partial charge in [-0.15, -0.1) is 0 Å². The quantitative estimate of drug-likeness (QED) is 0.920. The molecule has 1 heterocycles. The molecule has 0 saturated carbocycles. The number of pyridine rings is 1. The number of nitrogens with one attached hydrogen (secondary N) is 1. The lowest BCUT2D eigenvalue weighted by molar-refractivity contribution is 0.597. The second-order valence-electron chi connectivity index (χ2n) is 4.58. The Kier molecular flexibility index (Phi) is 4.39. The second kappa shape index (κ2) is 6.05. The number of para-hydroxylation sites is 1. The monoisotopic (exact) mass is 290 g/mol. The Morgan fingerprint density at radius 1 is 1.15 bits per heavy atom. The number of hydrogen-bond donors (Lipinski definition) is 1.